The van der Waals surface area contributed by atoms with Crippen molar-refractivity contribution in [1.29, 1.82) is 5.26 Å². The number of nitrogens with zero attached hydrogens (tertiary/aromatic N) is 1. The van der Waals surface area contributed by atoms with Gasteiger partial charge < -0.3 is 24.3 Å². The predicted octanol–water partition coefficient (Wildman–Crippen LogP) is 4.13. The fraction of sp³-hybridized carbons (Fsp3) is 0.481. The molecule has 2 aromatic carbocycles. The molecular formula is C27H30F2N2O5. The molecule has 9 heteroatoms. The average Bonchev–Trinajstić information content (AvgIpc) is 3.16. The Kier molecular flexibility index (Phi) is 7.71. The second-order valence-corrected chi connectivity index (χ2v) is 9.54. The molecule has 1 heterocycles. The Morgan fingerprint density at radius 1 is 1.14 bits per heavy atom. The van der Waals surface area contributed by atoms with Gasteiger partial charge in [-0.25, -0.2) is 8.78 Å². The van der Waals surface area contributed by atoms with E-state index < -0.39 is 41.3 Å². The lowest BCUT2D eigenvalue weighted by atomic mass is 9.78. The molecule has 36 heavy (non-hydrogen) atoms. The third-order valence-electron chi connectivity index (χ3n) is 6.51. The summed E-state index contributed by atoms with van der Waals surface area (Å²) < 4.78 is 52.2. The smallest absolute Gasteiger partial charge is 0.252 e. The highest BCUT2D eigenvalue weighted by molar-refractivity contribution is 5.85. The normalized spacial score (nSPS) is 26.7. The molecule has 1 saturated heterocycles. The molecule has 1 amide bonds. The van der Waals surface area contributed by atoms with Crippen LogP contribution in [0, 0.1) is 23.0 Å². The predicted molar refractivity (Wildman–Crippen MR) is 125 cm³/mol. The van der Waals surface area contributed by atoms with Gasteiger partial charge in [0.05, 0.1) is 37.1 Å². The van der Waals surface area contributed by atoms with Gasteiger partial charge in [-0.05, 0) is 38.5 Å². The van der Waals surface area contributed by atoms with Gasteiger partial charge in [0.2, 0.25) is 0 Å². The summed E-state index contributed by atoms with van der Waals surface area (Å²) in [4.78, 5) is 13.4. The number of amides is 1. The minimum absolute atomic E-state index is 0.0296. The van der Waals surface area contributed by atoms with E-state index >= 15 is 0 Å². The van der Waals surface area contributed by atoms with Crippen LogP contribution in [0.25, 0.3) is 0 Å². The number of nitrogens with one attached hydrogen (secondary N) is 1. The quantitative estimate of drug-likeness (QED) is 0.586. The van der Waals surface area contributed by atoms with Gasteiger partial charge in [-0.1, -0.05) is 24.3 Å². The summed E-state index contributed by atoms with van der Waals surface area (Å²) in [5.41, 5.74) is -0.0432. The minimum atomic E-state index is -1.34. The van der Waals surface area contributed by atoms with Gasteiger partial charge >= 0.3 is 0 Å². The van der Waals surface area contributed by atoms with Crippen LogP contribution < -0.4 is 5.32 Å². The van der Waals surface area contributed by atoms with Gasteiger partial charge in [-0.2, -0.15) is 5.26 Å². The third kappa shape index (κ3) is 5.57. The number of fused-ring (bicyclic) bond motifs is 1. The van der Waals surface area contributed by atoms with Crippen molar-refractivity contribution in [2.45, 2.75) is 76.5 Å². The van der Waals surface area contributed by atoms with Crippen LogP contribution in [0.5, 0.6) is 0 Å². The zero-order chi connectivity index (χ0) is 25.9. The van der Waals surface area contributed by atoms with Crippen molar-refractivity contribution in [3.63, 3.8) is 0 Å². The highest BCUT2D eigenvalue weighted by Crippen LogP contribution is 2.44. The van der Waals surface area contributed by atoms with Gasteiger partial charge in [0.25, 0.3) is 5.91 Å². The van der Waals surface area contributed by atoms with E-state index in [9.17, 15) is 18.8 Å². The molecule has 1 N–H and O–H groups in total. The van der Waals surface area contributed by atoms with Crippen LogP contribution in [-0.2, 0) is 37.0 Å². The maximum atomic E-state index is 14.3. The lowest BCUT2D eigenvalue weighted by Gasteiger charge is -2.43. The molecule has 2 aliphatic rings. The topological polar surface area (TPSA) is 89.8 Å². The molecule has 1 aliphatic heterocycles. The highest BCUT2D eigenvalue weighted by Gasteiger charge is 2.58. The molecule has 0 bridgehead atoms. The zero-order valence-electron chi connectivity index (χ0n) is 20.6. The standard InChI is InChI=1S/C27H30F2N2O5/c1-4-31-25(32)27(34-16-18-8-6-5-7-17(18)14-30)12-22(24-23(13-27)35-26(2,3)36-24)33-15-19-9-10-20(28)11-21(19)29/h5-11,22-24H,4,12-13,15-16H2,1-3H3,(H,31,32)/t22?,23-,24+,27-/m1/s1. The summed E-state index contributed by atoms with van der Waals surface area (Å²) in [6, 6.07) is 12.5. The first-order chi connectivity index (χ1) is 17.2. The average molecular weight is 501 g/mol. The second-order valence-electron chi connectivity index (χ2n) is 9.54. The number of hydrogen-bond acceptors (Lipinski definition) is 6. The number of rotatable bonds is 8. The van der Waals surface area contributed by atoms with Crippen molar-refractivity contribution in [1.82, 2.24) is 5.32 Å². The van der Waals surface area contributed by atoms with Crippen molar-refractivity contribution in [3.8, 4) is 6.07 Å². The molecule has 7 nitrogen and oxygen atoms in total. The Morgan fingerprint density at radius 2 is 1.92 bits per heavy atom. The summed E-state index contributed by atoms with van der Waals surface area (Å²) in [6.45, 7) is 5.64. The molecule has 0 spiro atoms. The molecule has 1 saturated carbocycles. The van der Waals surface area contributed by atoms with E-state index in [1.807, 2.05) is 6.92 Å². The second kappa shape index (κ2) is 10.6. The van der Waals surface area contributed by atoms with Gasteiger partial charge in [-0.15, -0.1) is 0 Å². The summed E-state index contributed by atoms with van der Waals surface area (Å²) in [7, 11) is 0. The number of halogens is 2. The molecule has 0 radical (unpaired) electrons. The van der Waals surface area contributed by atoms with Crippen molar-refractivity contribution in [3.05, 3.63) is 70.8 Å². The number of carbonyl (C=O) groups excluding carboxylic acids is 1. The van der Waals surface area contributed by atoms with Crippen molar-refractivity contribution in [2.24, 2.45) is 0 Å². The minimum Gasteiger partial charge on any atom is -0.370 e. The first-order valence-corrected chi connectivity index (χ1v) is 12.0. The van der Waals surface area contributed by atoms with E-state index in [4.69, 9.17) is 18.9 Å². The van der Waals surface area contributed by atoms with Crippen LogP contribution in [0.2, 0.25) is 0 Å². The molecule has 4 atom stereocenters. The van der Waals surface area contributed by atoms with E-state index in [0.717, 1.165) is 6.07 Å². The monoisotopic (exact) mass is 500 g/mol. The van der Waals surface area contributed by atoms with Crippen LogP contribution in [-0.4, -0.2) is 42.2 Å². The summed E-state index contributed by atoms with van der Waals surface area (Å²) in [6.07, 6.45) is -1.38. The molecule has 2 aromatic rings. The van der Waals surface area contributed by atoms with Crippen molar-refractivity contribution >= 4 is 5.91 Å². The highest BCUT2D eigenvalue weighted by atomic mass is 19.1. The van der Waals surface area contributed by atoms with Crippen molar-refractivity contribution in [2.75, 3.05) is 6.54 Å². The van der Waals surface area contributed by atoms with Crippen LogP contribution in [0.1, 0.15) is 50.3 Å². The van der Waals surface area contributed by atoms with Gasteiger partial charge in [-0.3, -0.25) is 4.79 Å². The van der Waals surface area contributed by atoms with Gasteiger partial charge in [0.15, 0.2) is 11.4 Å². The summed E-state index contributed by atoms with van der Waals surface area (Å²) >= 11 is 0. The maximum Gasteiger partial charge on any atom is 0.252 e. The summed E-state index contributed by atoms with van der Waals surface area (Å²) in [5, 5.41) is 12.3. The molecule has 192 valence electrons. The van der Waals surface area contributed by atoms with E-state index in [-0.39, 0.29) is 37.5 Å². The first-order valence-electron chi connectivity index (χ1n) is 12.0. The van der Waals surface area contributed by atoms with E-state index in [1.165, 1.54) is 12.1 Å². The zero-order valence-corrected chi connectivity index (χ0v) is 20.6. The molecule has 1 aliphatic carbocycles. The Morgan fingerprint density at radius 3 is 2.64 bits per heavy atom. The largest absolute Gasteiger partial charge is 0.370 e. The van der Waals surface area contributed by atoms with Crippen LogP contribution >= 0.6 is 0 Å². The Hall–Kier alpha value is -2.90. The van der Waals surface area contributed by atoms with E-state index in [2.05, 4.69) is 11.4 Å². The van der Waals surface area contributed by atoms with Crippen molar-refractivity contribution < 1.29 is 32.5 Å². The van der Waals surface area contributed by atoms with Crippen LogP contribution in [0.4, 0.5) is 8.78 Å². The summed E-state index contributed by atoms with van der Waals surface area (Å²) in [5.74, 6) is -2.63. The fourth-order valence-corrected chi connectivity index (χ4v) is 4.84. The number of benzene rings is 2. The maximum absolute atomic E-state index is 14.3. The van der Waals surface area contributed by atoms with Gasteiger partial charge in [0.1, 0.15) is 17.7 Å². The van der Waals surface area contributed by atoms with Crippen LogP contribution in [0.3, 0.4) is 0 Å². The third-order valence-corrected chi connectivity index (χ3v) is 6.51. The number of carbonyl (C=O) groups is 1. The lowest BCUT2D eigenvalue weighted by Crippen LogP contribution is -2.60. The van der Waals surface area contributed by atoms with Crippen LogP contribution in [0.15, 0.2) is 42.5 Å². The number of hydrogen-bond donors (Lipinski definition) is 1. The van der Waals surface area contributed by atoms with E-state index in [0.29, 0.717) is 17.7 Å². The number of ether oxygens (including phenoxy) is 4. The first kappa shape index (κ1) is 26.2. The Balaban J connectivity index is 1.62. The molecule has 1 unspecified atom stereocenters. The molecular weight excluding hydrogens is 470 g/mol. The van der Waals surface area contributed by atoms with E-state index in [1.54, 1.807) is 38.1 Å². The SMILES string of the molecule is CCNC(=O)[C@@]1(OCc2ccccc2C#N)CC(OCc2ccc(F)cc2F)[C@@H]2OC(C)(C)O[C@@H]2C1. The van der Waals surface area contributed by atoms with Gasteiger partial charge in [0, 0.05) is 31.0 Å². The Labute approximate surface area is 209 Å². The molecule has 4 rings (SSSR count). The molecule has 0 aromatic heterocycles. The Bertz CT molecular complexity index is 1150. The fourth-order valence-electron chi connectivity index (χ4n) is 4.84. The number of nitriles is 1. The lowest BCUT2D eigenvalue weighted by molar-refractivity contribution is -0.183. The number of likely N-dealkylation sites (N-methyl/N-ethyl adjacent to an activating group) is 1. The molecule has 2 fully saturated rings.